The molecule has 4 N–H and O–H groups in total. The molecule has 3 atom stereocenters. The second-order valence-electron chi connectivity index (χ2n) is 5.41. The maximum Gasteiger partial charge on any atom is 0.435 e. The largest absolute Gasteiger partial charge is 0.435 e. The van der Waals surface area contributed by atoms with Crippen molar-refractivity contribution in [3.05, 3.63) is 17.8 Å². The Hall–Kier alpha value is -1.96. The number of hydrogen-bond donors (Lipinski definition) is 3. The van der Waals surface area contributed by atoms with Crippen LogP contribution in [-0.2, 0) is 6.18 Å². The fourth-order valence-electron chi connectivity index (χ4n) is 2.40. The highest BCUT2D eigenvalue weighted by molar-refractivity contribution is 5.36. The van der Waals surface area contributed by atoms with E-state index < -0.39 is 18.0 Å². The molecule has 23 heavy (non-hydrogen) atoms. The molecule has 1 aromatic heterocycles. The number of hydrogen-bond acceptors (Lipinski definition) is 7. The van der Waals surface area contributed by atoms with Crippen molar-refractivity contribution in [1.29, 1.82) is 5.26 Å². The van der Waals surface area contributed by atoms with Crippen molar-refractivity contribution in [3.8, 4) is 6.07 Å². The van der Waals surface area contributed by atoms with Crippen LogP contribution in [0.5, 0.6) is 0 Å². The third kappa shape index (κ3) is 4.28. The first-order valence-corrected chi connectivity index (χ1v) is 7.11. The Kier molecular flexibility index (Phi) is 5.35. The molecule has 1 aliphatic heterocycles. The molecule has 2 rings (SSSR count). The number of nitrogens with two attached hydrogens (primary N) is 1. The lowest BCUT2D eigenvalue weighted by molar-refractivity contribution is -0.141. The van der Waals surface area contributed by atoms with E-state index >= 15 is 0 Å². The second-order valence-corrected chi connectivity index (χ2v) is 5.41. The molecular formula is C13H18F3N7. The Morgan fingerprint density at radius 1 is 1.35 bits per heavy atom. The van der Waals surface area contributed by atoms with Gasteiger partial charge in [0.05, 0.1) is 18.2 Å². The highest BCUT2D eigenvalue weighted by Gasteiger charge is 2.34. The molecule has 0 aromatic carbocycles. The molecular weight excluding hydrogens is 311 g/mol. The predicted molar refractivity (Wildman–Crippen MR) is 76.7 cm³/mol. The van der Waals surface area contributed by atoms with Gasteiger partial charge in [0.1, 0.15) is 0 Å². The summed E-state index contributed by atoms with van der Waals surface area (Å²) < 4.78 is 37.3. The molecule has 0 bridgehead atoms. The number of nitrogens with zero attached hydrogens (tertiary/aromatic N) is 4. The molecule has 0 spiro atoms. The molecule has 1 aromatic rings. The number of nitriles is 1. The van der Waals surface area contributed by atoms with Crippen LogP contribution in [-0.4, -0.2) is 36.0 Å². The van der Waals surface area contributed by atoms with Crippen molar-refractivity contribution in [2.45, 2.75) is 31.2 Å². The van der Waals surface area contributed by atoms with Gasteiger partial charge in [-0.1, -0.05) is 0 Å². The van der Waals surface area contributed by atoms with Crippen LogP contribution in [0.15, 0.2) is 12.1 Å². The molecule has 0 aliphatic carbocycles. The number of anilines is 1. The van der Waals surface area contributed by atoms with E-state index in [0.717, 1.165) is 12.5 Å². The van der Waals surface area contributed by atoms with Gasteiger partial charge in [-0.2, -0.15) is 18.4 Å². The van der Waals surface area contributed by atoms with E-state index in [9.17, 15) is 13.2 Å². The standard InChI is InChI=1S/C13H18F3N7/c1-23(11-5-4-10(20-21-11)13(14,15)16)6-2-3-9-8(7-17)12(18)22-19-9/h4-5,8-9,12,19,22H,2-3,6,18H2,1H3. The number of rotatable bonds is 5. The van der Waals surface area contributed by atoms with Crippen molar-refractivity contribution in [3.63, 3.8) is 0 Å². The summed E-state index contributed by atoms with van der Waals surface area (Å²) in [5.41, 5.74) is 10.5. The second kappa shape index (κ2) is 7.08. The van der Waals surface area contributed by atoms with Gasteiger partial charge >= 0.3 is 6.18 Å². The third-order valence-electron chi connectivity index (χ3n) is 3.75. The number of aromatic nitrogens is 2. The van der Waals surface area contributed by atoms with Crippen molar-refractivity contribution >= 4 is 5.82 Å². The smallest absolute Gasteiger partial charge is 0.358 e. The predicted octanol–water partition coefficient (Wildman–Crippen LogP) is 0.613. The summed E-state index contributed by atoms with van der Waals surface area (Å²) in [6, 6.07) is 4.31. The first-order valence-electron chi connectivity index (χ1n) is 7.11. The number of hydrazine groups is 1. The van der Waals surface area contributed by atoms with Crippen LogP contribution < -0.4 is 21.5 Å². The normalized spacial score (nSPS) is 24.4. The molecule has 7 nitrogen and oxygen atoms in total. The monoisotopic (exact) mass is 329 g/mol. The quantitative estimate of drug-likeness (QED) is 0.727. The van der Waals surface area contributed by atoms with Gasteiger partial charge in [-0.15, -0.1) is 10.2 Å². The van der Waals surface area contributed by atoms with Gasteiger partial charge in [-0.25, -0.2) is 5.43 Å². The highest BCUT2D eigenvalue weighted by Crippen LogP contribution is 2.27. The van der Waals surface area contributed by atoms with Crippen LogP contribution >= 0.6 is 0 Å². The third-order valence-corrected chi connectivity index (χ3v) is 3.75. The summed E-state index contributed by atoms with van der Waals surface area (Å²) in [5.74, 6) is 0.0511. The maximum atomic E-state index is 12.4. The highest BCUT2D eigenvalue weighted by atomic mass is 19.4. The van der Waals surface area contributed by atoms with Crippen molar-refractivity contribution in [1.82, 2.24) is 21.0 Å². The van der Waals surface area contributed by atoms with Crippen LogP contribution in [0.2, 0.25) is 0 Å². The summed E-state index contributed by atoms with van der Waals surface area (Å²) in [7, 11) is 1.73. The molecule has 0 saturated carbocycles. The molecule has 1 aliphatic rings. The lowest BCUT2D eigenvalue weighted by Crippen LogP contribution is -2.38. The Balaban J connectivity index is 1.83. The van der Waals surface area contributed by atoms with Crippen molar-refractivity contribution < 1.29 is 13.2 Å². The maximum absolute atomic E-state index is 12.4. The molecule has 2 heterocycles. The first-order chi connectivity index (χ1) is 10.8. The first kappa shape index (κ1) is 17.4. The molecule has 10 heteroatoms. The lowest BCUT2D eigenvalue weighted by atomic mass is 9.97. The van der Waals surface area contributed by atoms with Gasteiger partial charge in [0.2, 0.25) is 0 Å². The Morgan fingerprint density at radius 2 is 2.09 bits per heavy atom. The minimum atomic E-state index is -4.49. The lowest BCUT2D eigenvalue weighted by Gasteiger charge is -2.19. The summed E-state index contributed by atoms with van der Waals surface area (Å²) in [6.07, 6.45) is -3.46. The summed E-state index contributed by atoms with van der Waals surface area (Å²) in [6.45, 7) is 0.575. The Bertz CT molecular complexity index is 554. The van der Waals surface area contributed by atoms with E-state index in [2.05, 4.69) is 27.1 Å². The van der Waals surface area contributed by atoms with E-state index in [4.69, 9.17) is 11.0 Å². The number of alkyl halides is 3. The molecule has 3 unspecified atom stereocenters. The van der Waals surface area contributed by atoms with Gasteiger partial charge in [0.15, 0.2) is 11.5 Å². The SMILES string of the molecule is CN(CCCC1NNC(N)C1C#N)c1ccc(C(F)(F)F)nn1. The van der Waals surface area contributed by atoms with Gasteiger partial charge in [-0.05, 0) is 25.0 Å². The Labute approximate surface area is 131 Å². The van der Waals surface area contributed by atoms with Gasteiger partial charge in [0.25, 0.3) is 0 Å². The van der Waals surface area contributed by atoms with Crippen LogP contribution in [0.1, 0.15) is 18.5 Å². The van der Waals surface area contributed by atoms with Gasteiger partial charge in [0, 0.05) is 19.6 Å². The molecule has 0 amide bonds. The average Bonchev–Trinajstić information content (AvgIpc) is 2.86. The van der Waals surface area contributed by atoms with Crippen molar-refractivity contribution in [2.75, 3.05) is 18.5 Å². The summed E-state index contributed by atoms with van der Waals surface area (Å²) in [5, 5.41) is 15.8. The fourth-order valence-corrected chi connectivity index (χ4v) is 2.40. The van der Waals surface area contributed by atoms with E-state index in [-0.39, 0.29) is 12.0 Å². The van der Waals surface area contributed by atoms with Crippen LogP contribution in [0.3, 0.4) is 0 Å². The molecule has 1 fully saturated rings. The fraction of sp³-hybridized carbons (Fsp3) is 0.615. The zero-order chi connectivity index (χ0) is 17.0. The molecule has 126 valence electrons. The molecule has 0 radical (unpaired) electrons. The van der Waals surface area contributed by atoms with Crippen LogP contribution in [0, 0.1) is 17.2 Å². The van der Waals surface area contributed by atoms with E-state index in [1.54, 1.807) is 11.9 Å². The topological polar surface area (TPSA) is 103 Å². The van der Waals surface area contributed by atoms with Crippen molar-refractivity contribution in [2.24, 2.45) is 11.7 Å². The van der Waals surface area contributed by atoms with Gasteiger partial charge < -0.3 is 10.6 Å². The number of halogens is 3. The zero-order valence-electron chi connectivity index (χ0n) is 12.5. The average molecular weight is 329 g/mol. The van der Waals surface area contributed by atoms with E-state index in [1.807, 2.05) is 0 Å². The Morgan fingerprint density at radius 3 is 2.65 bits per heavy atom. The summed E-state index contributed by atoms with van der Waals surface area (Å²) >= 11 is 0. The van der Waals surface area contributed by atoms with Crippen LogP contribution in [0.4, 0.5) is 19.0 Å². The molecule has 1 saturated heterocycles. The summed E-state index contributed by atoms with van der Waals surface area (Å²) in [4.78, 5) is 1.72. The minimum absolute atomic E-state index is 0.0536. The van der Waals surface area contributed by atoms with Gasteiger partial charge in [-0.3, -0.25) is 5.43 Å². The van der Waals surface area contributed by atoms with E-state index in [0.29, 0.717) is 18.8 Å². The minimum Gasteiger partial charge on any atom is -0.358 e. The zero-order valence-corrected chi connectivity index (χ0v) is 12.5. The number of nitrogens with one attached hydrogen (secondary N) is 2. The van der Waals surface area contributed by atoms with E-state index in [1.165, 1.54) is 6.07 Å². The van der Waals surface area contributed by atoms with Crippen LogP contribution in [0.25, 0.3) is 0 Å².